The molecule has 3 heterocycles. The van der Waals surface area contributed by atoms with Crippen molar-refractivity contribution >= 4 is 17.0 Å². The summed E-state index contributed by atoms with van der Waals surface area (Å²) in [5.74, 6) is 1.83. The topological polar surface area (TPSA) is 47.7 Å². The van der Waals surface area contributed by atoms with Gasteiger partial charge in [-0.1, -0.05) is 11.2 Å². The molecule has 0 aliphatic carbocycles. The Kier molecular flexibility index (Phi) is 5.41. The van der Waals surface area contributed by atoms with E-state index in [1.54, 1.807) is 6.07 Å². The van der Waals surface area contributed by atoms with E-state index in [0.29, 0.717) is 24.7 Å². The summed E-state index contributed by atoms with van der Waals surface area (Å²) < 4.78 is 30.2. The van der Waals surface area contributed by atoms with Gasteiger partial charge in [0.2, 0.25) is 0 Å². The molecule has 1 aromatic heterocycles. The molecule has 30 heavy (non-hydrogen) atoms. The number of hydrogen-bond acceptors (Lipinski definition) is 5. The SMILES string of the molecule is Fc1ccc2c(C3CCN(CCCOc4ccc5c(c4)OCC=C5)CC3)noc2c1. The molecule has 0 radical (unpaired) electrons. The van der Waals surface area contributed by atoms with Crippen LogP contribution in [0.15, 0.2) is 47.0 Å². The summed E-state index contributed by atoms with van der Waals surface area (Å²) in [5.41, 5.74) is 2.60. The van der Waals surface area contributed by atoms with Crippen molar-refractivity contribution in [3.8, 4) is 11.5 Å². The average molecular weight is 408 g/mol. The largest absolute Gasteiger partial charge is 0.493 e. The Hall–Kier alpha value is -2.86. The Balaban J connectivity index is 1.08. The maximum Gasteiger partial charge on any atom is 0.170 e. The normalized spacial score (nSPS) is 17.1. The molecule has 1 saturated heterocycles. The molecule has 0 bridgehead atoms. The standard InChI is InChI=1S/C24H25FN2O3/c25-19-5-7-21-23(15-19)30-26-24(21)18-8-11-27(12-9-18)10-2-14-28-20-6-4-17-3-1-13-29-22(17)16-20/h1,3-7,15-16,18H,2,8-14H2. The van der Waals surface area contributed by atoms with E-state index in [4.69, 9.17) is 14.0 Å². The molecule has 1 fully saturated rings. The number of ether oxygens (including phenoxy) is 2. The predicted octanol–water partition coefficient (Wildman–Crippen LogP) is 5.02. The third-order valence-electron chi connectivity index (χ3n) is 5.94. The summed E-state index contributed by atoms with van der Waals surface area (Å²) >= 11 is 0. The zero-order chi connectivity index (χ0) is 20.3. The van der Waals surface area contributed by atoms with Crippen LogP contribution in [0.25, 0.3) is 17.0 Å². The molecule has 2 aliphatic heterocycles. The molecule has 0 unspecified atom stereocenters. The Morgan fingerprint density at radius 2 is 2.03 bits per heavy atom. The number of likely N-dealkylation sites (tertiary alicyclic amines) is 1. The van der Waals surface area contributed by atoms with E-state index >= 15 is 0 Å². The fourth-order valence-electron chi connectivity index (χ4n) is 4.31. The number of halogens is 1. The summed E-state index contributed by atoms with van der Waals surface area (Å²) in [7, 11) is 0. The minimum atomic E-state index is -0.290. The van der Waals surface area contributed by atoms with Crippen LogP contribution in [0.3, 0.4) is 0 Å². The van der Waals surface area contributed by atoms with E-state index in [-0.39, 0.29) is 5.82 Å². The lowest BCUT2D eigenvalue weighted by molar-refractivity contribution is 0.190. The maximum atomic E-state index is 13.4. The number of rotatable bonds is 6. The lowest BCUT2D eigenvalue weighted by atomic mass is 9.91. The smallest absolute Gasteiger partial charge is 0.170 e. The summed E-state index contributed by atoms with van der Waals surface area (Å²) in [6.07, 6.45) is 7.14. The van der Waals surface area contributed by atoms with Gasteiger partial charge in [0.05, 0.1) is 12.3 Å². The number of benzene rings is 2. The van der Waals surface area contributed by atoms with Crippen molar-refractivity contribution in [1.29, 1.82) is 0 Å². The van der Waals surface area contributed by atoms with E-state index < -0.39 is 0 Å². The number of nitrogens with zero attached hydrogens (tertiary/aromatic N) is 2. The van der Waals surface area contributed by atoms with E-state index in [9.17, 15) is 4.39 Å². The molecule has 156 valence electrons. The Bertz CT molecular complexity index is 1050. The quantitative estimate of drug-likeness (QED) is 0.536. The fraction of sp³-hybridized carbons (Fsp3) is 0.375. The van der Waals surface area contributed by atoms with E-state index in [1.165, 1.54) is 12.1 Å². The molecule has 0 saturated carbocycles. The molecule has 0 N–H and O–H groups in total. The van der Waals surface area contributed by atoms with Crippen molar-refractivity contribution < 1.29 is 18.4 Å². The summed E-state index contributed by atoms with van der Waals surface area (Å²) in [6.45, 7) is 4.38. The highest BCUT2D eigenvalue weighted by molar-refractivity contribution is 5.79. The number of piperidine rings is 1. The van der Waals surface area contributed by atoms with Crippen LogP contribution in [0, 0.1) is 5.82 Å². The third kappa shape index (κ3) is 4.05. The fourth-order valence-corrected chi connectivity index (χ4v) is 4.31. The molecule has 0 amide bonds. The van der Waals surface area contributed by atoms with Crippen LogP contribution in [0.5, 0.6) is 11.5 Å². The molecule has 0 spiro atoms. The highest BCUT2D eigenvalue weighted by atomic mass is 19.1. The zero-order valence-electron chi connectivity index (χ0n) is 16.9. The van der Waals surface area contributed by atoms with Gasteiger partial charge in [0.1, 0.15) is 23.9 Å². The van der Waals surface area contributed by atoms with Gasteiger partial charge in [-0.2, -0.15) is 0 Å². The molecular weight excluding hydrogens is 383 g/mol. The van der Waals surface area contributed by atoms with Gasteiger partial charge < -0.3 is 18.9 Å². The lowest BCUT2D eigenvalue weighted by Crippen LogP contribution is -2.34. The Morgan fingerprint density at radius 1 is 1.13 bits per heavy atom. The van der Waals surface area contributed by atoms with Crippen molar-refractivity contribution in [2.24, 2.45) is 0 Å². The van der Waals surface area contributed by atoms with Gasteiger partial charge in [-0.15, -0.1) is 0 Å². The predicted molar refractivity (Wildman–Crippen MR) is 113 cm³/mol. The highest BCUT2D eigenvalue weighted by Gasteiger charge is 2.25. The van der Waals surface area contributed by atoms with Crippen molar-refractivity contribution in [3.05, 3.63) is 59.5 Å². The van der Waals surface area contributed by atoms with E-state index in [1.807, 2.05) is 24.3 Å². The molecule has 2 aliphatic rings. The molecule has 5 rings (SSSR count). The highest BCUT2D eigenvalue weighted by Crippen LogP contribution is 2.33. The molecule has 5 nitrogen and oxygen atoms in total. The van der Waals surface area contributed by atoms with Gasteiger partial charge in [-0.25, -0.2) is 4.39 Å². The minimum Gasteiger partial charge on any atom is -0.493 e. The van der Waals surface area contributed by atoms with Gasteiger partial charge in [0, 0.05) is 35.5 Å². The number of hydrogen-bond donors (Lipinski definition) is 0. The van der Waals surface area contributed by atoms with Gasteiger partial charge in [0.25, 0.3) is 0 Å². The van der Waals surface area contributed by atoms with E-state index in [0.717, 1.165) is 67.0 Å². The second-order valence-electron chi connectivity index (χ2n) is 7.94. The molecule has 2 aromatic carbocycles. The van der Waals surface area contributed by atoms with Crippen molar-refractivity contribution in [1.82, 2.24) is 10.1 Å². The molecule has 6 heteroatoms. The van der Waals surface area contributed by atoms with Crippen LogP contribution in [-0.2, 0) is 0 Å². The number of fused-ring (bicyclic) bond motifs is 2. The van der Waals surface area contributed by atoms with E-state index in [2.05, 4.69) is 16.1 Å². The van der Waals surface area contributed by atoms with Crippen LogP contribution < -0.4 is 9.47 Å². The Morgan fingerprint density at radius 3 is 2.93 bits per heavy atom. The van der Waals surface area contributed by atoms with Crippen molar-refractivity contribution in [2.75, 3.05) is 32.8 Å². The van der Waals surface area contributed by atoms with Crippen LogP contribution in [0.1, 0.15) is 36.4 Å². The van der Waals surface area contributed by atoms with Crippen LogP contribution >= 0.6 is 0 Å². The van der Waals surface area contributed by atoms with Gasteiger partial charge in [0.15, 0.2) is 5.58 Å². The van der Waals surface area contributed by atoms with Gasteiger partial charge in [-0.3, -0.25) is 0 Å². The first-order valence-corrected chi connectivity index (χ1v) is 10.6. The monoisotopic (exact) mass is 408 g/mol. The van der Waals surface area contributed by atoms with Gasteiger partial charge >= 0.3 is 0 Å². The molecule has 0 atom stereocenters. The summed E-state index contributed by atoms with van der Waals surface area (Å²) in [5, 5.41) is 5.17. The first-order valence-electron chi connectivity index (χ1n) is 10.6. The Labute approximate surface area is 175 Å². The second-order valence-corrected chi connectivity index (χ2v) is 7.94. The third-order valence-corrected chi connectivity index (χ3v) is 5.94. The second kappa shape index (κ2) is 8.48. The lowest BCUT2D eigenvalue weighted by Gasteiger charge is -2.31. The van der Waals surface area contributed by atoms with Gasteiger partial charge in [-0.05, 0) is 62.7 Å². The van der Waals surface area contributed by atoms with Crippen LogP contribution in [0.2, 0.25) is 0 Å². The van der Waals surface area contributed by atoms with Crippen LogP contribution in [-0.4, -0.2) is 42.9 Å². The molecular formula is C24H25FN2O3. The average Bonchev–Trinajstić information content (AvgIpc) is 3.20. The first kappa shape index (κ1) is 19.1. The first-order chi connectivity index (χ1) is 14.8. The summed E-state index contributed by atoms with van der Waals surface area (Å²) in [6, 6.07) is 10.7. The molecule has 3 aromatic rings. The zero-order valence-corrected chi connectivity index (χ0v) is 16.9. The van der Waals surface area contributed by atoms with Crippen molar-refractivity contribution in [2.45, 2.75) is 25.2 Å². The minimum absolute atomic E-state index is 0.290. The van der Waals surface area contributed by atoms with Crippen LogP contribution in [0.4, 0.5) is 4.39 Å². The number of aromatic nitrogens is 1. The van der Waals surface area contributed by atoms with Crippen molar-refractivity contribution in [3.63, 3.8) is 0 Å². The summed E-state index contributed by atoms with van der Waals surface area (Å²) in [4.78, 5) is 2.47. The maximum absolute atomic E-state index is 13.4.